The van der Waals surface area contributed by atoms with Gasteiger partial charge in [0.2, 0.25) is 0 Å². The maximum absolute atomic E-state index is 11.7. The van der Waals surface area contributed by atoms with Gasteiger partial charge in [-0.2, -0.15) is 0 Å². The lowest BCUT2D eigenvalue weighted by molar-refractivity contribution is 0.0535. The third-order valence-corrected chi connectivity index (χ3v) is 3.95. The SMILES string of the molecule is O=C1OCc2cc(N(c3ccccc3)c3ccccc3)ccc21. The summed E-state index contributed by atoms with van der Waals surface area (Å²) in [6, 6.07) is 26.2. The van der Waals surface area contributed by atoms with Crippen molar-refractivity contribution in [2.24, 2.45) is 0 Å². The molecule has 0 amide bonds. The Morgan fingerprint density at radius 2 is 1.35 bits per heavy atom. The molecular formula is C20H15NO2. The first-order chi connectivity index (χ1) is 11.3. The minimum Gasteiger partial charge on any atom is -0.457 e. The number of anilines is 3. The molecule has 0 spiro atoms. The number of fused-ring (bicyclic) bond motifs is 1. The monoisotopic (exact) mass is 301 g/mol. The molecular weight excluding hydrogens is 286 g/mol. The van der Waals surface area contributed by atoms with E-state index in [1.807, 2.05) is 54.6 Å². The molecule has 3 aromatic rings. The molecule has 3 heteroatoms. The Hall–Kier alpha value is -3.07. The van der Waals surface area contributed by atoms with Crippen LogP contribution in [0.3, 0.4) is 0 Å². The van der Waals surface area contributed by atoms with Gasteiger partial charge >= 0.3 is 5.97 Å². The topological polar surface area (TPSA) is 29.5 Å². The Bertz CT molecular complexity index is 805. The smallest absolute Gasteiger partial charge is 0.338 e. The summed E-state index contributed by atoms with van der Waals surface area (Å²) in [4.78, 5) is 13.8. The number of rotatable bonds is 3. The maximum Gasteiger partial charge on any atom is 0.338 e. The van der Waals surface area contributed by atoms with Crippen molar-refractivity contribution >= 4 is 23.0 Å². The molecule has 3 nitrogen and oxygen atoms in total. The van der Waals surface area contributed by atoms with Crippen molar-refractivity contribution in [2.45, 2.75) is 6.61 Å². The first-order valence-corrected chi connectivity index (χ1v) is 7.53. The van der Waals surface area contributed by atoms with E-state index < -0.39 is 0 Å². The predicted molar refractivity (Wildman–Crippen MR) is 90.2 cm³/mol. The van der Waals surface area contributed by atoms with Crippen LogP contribution in [0.15, 0.2) is 78.9 Å². The van der Waals surface area contributed by atoms with Crippen LogP contribution in [0.2, 0.25) is 0 Å². The van der Waals surface area contributed by atoms with Crippen molar-refractivity contribution in [1.29, 1.82) is 0 Å². The fourth-order valence-corrected chi connectivity index (χ4v) is 2.86. The maximum atomic E-state index is 11.7. The Labute approximate surface area is 134 Å². The number of esters is 1. The van der Waals surface area contributed by atoms with Gasteiger partial charge in [0, 0.05) is 22.6 Å². The highest BCUT2D eigenvalue weighted by Crippen LogP contribution is 2.36. The first-order valence-electron chi connectivity index (χ1n) is 7.53. The Morgan fingerprint density at radius 3 is 1.96 bits per heavy atom. The summed E-state index contributed by atoms with van der Waals surface area (Å²) in [7, 11) is 0. The predicted octanol–water partition coefficient (Wildman–Crippen LogP) is 4.83. The third kappa shape index (κ3) is 2.46. The summed E-state index contributed by atoms with van der Waals surface area (Å²) in [5.41, 5.74) is 4.76. The largest absolute Gasteiger partial charge is 0.457 e. The summed E-state index contributed by atoms with van der Waals surface area (Å²) < 4.78 is 5.11. The second-order valence-corrected chi connectivity index (χ2v) is 5.42. The molecule has 0 fully saturated rings. The highest BCUT2D eigenvalue weighted by molar-refractivity contribution is 5.94. The van der Waals surface area contributed by atoms with Crippen LogP contribution >= 0.6 is 0 Å². The highest BCUT2D eigenvalue weighted by atomic mass is 16.5. The summed E-state index contributed by atoms with van der Waals surface area (Å²) in [5.74, 6) is -0.238. The fraction of sp³-hybridized carbons (Fsp3) is 0.0500. The molecule has 23 heavy (non-hydrogen) atoms. The zero-order valence-corrected chi connectivity index (χ0v) is 12.5. The van der Waals surface area contributed by atoms with Crippen LogP contribution in [0, 0.1) is 0 Å². The molecule has 0 atom stereocenters. The molecule has 0 bridgehead atoms. The third-order valence-electron chi connectivity index (χ3n) is 3.95. The second kappa shape index (κ2) is 5.61. The number of para-hydroxylation sites is 2. The molecule has 0 saturated carbocycles. The van der Waals surface area contributed by atoms with Crippen molar-refractivity contribution in [3.63, 3.8) is 0 Å². The molecule has 1 heterocycles. The van der Waals surface area contributed by atoms with Gasteiger partial charge in [-0.15, -0.1) is 0 Å². The van der Waals surface area contributed by atoms with E-state index in [2.05, 4.69) is 29.2 Å². The number of hydrogen-bond acceptors (Lipinski definition) is 3. The van der Waals surface area contributed by atoms with Gasteiger partial charge < -0.3 is 9.64 Å². The first kappa shape index (κ1) is 13.6. The van der Waals surface area contributed by atoms with Gasteiger partial charge in [-0.3, -0.25) is 0 Å². The van der Waals surface area contributed by atoms with Gasteiger partial charge in [-0.25, -0.2) is 4.79 Å². The normalized spacial score (nSPS) is 12.6. The van der Waals surface area contributed by atoms with E-state index in [9.17, 15) is 4.79 Å². The average Bonchev–Trinajstić information content (AvgIpc) is 2.98. The van der Waals surface area contributed by atoms with E-state index in [0.717, 1.165) is 22.6 Å². The Morgan fingerprint density at radius 1 is 0.739 bits per heavy atom. The summed E-state index contributed by atoms with van der Waals surface area (Å²) in [6.45, 7) is 0.347. The van der Waals surface area contributed by atoms with Crippen LogP contribution in [0.4, 0.5) is 17.1 Å². The van der Waals surface area contributed by atoms with Crippen LogP contribution < -0.4 is 4.90 Å². The second-order valence-electron chi connectivity index (χ2n) is 5.42. The van der Waals surface area contributed by atoms with E-state index in [1.165, 1.54) is 0 Å². The van der Waals surface area contributed by atoms with Crippen molar-refractivity contribution in [1.82, 2.24) is 0 Å². The zero-order chi connectivity index (χ0) is 15.6. The van der Waals surface area contributed by atoms with Crippen LogP contribution in [0.1, 0.15) is 15.9 Å². The van der Waals surface area contributed by atoms with Gasteiger partial charge in [-0.05, 0) is 42.5 Å². The quantitative estimate of drug-likeness (QED) is 0.649. The van der Waals surface area contributed by atoms with E-state index in [0.29, 0.717) is 12.2 Å². The number of carbonyl (C=O) groups excluding carboxylic acids is 1. The number of carbonyl (C=O) groups is 1. The lowest BCUT2D eigenvalue weighted by Gasteiger charge is -2.25. The summed E-state index contributed by atoms with van der Waals surface area (Å²) in [6.07, 6.45) is 0. The average molecular weight is 301 g/mol. The zero-order valence-electron chi connectivity index (χ0n) is 12.5. The lowest BCUT2D eigenvalue weighted by Crippen LogP contribution is -2.10. The molecule has 1 aliphatic heterocycles. The van der Waals surface area contributed by atoms with Crippen LogP contribution in [-0.2, 0) is 11.3 Å². The van der Waals surface area contributed by atoms with Gasteiger partial charge in [0.05, 0.1) is 5.56 Å². The Kier molecular flexibility index (Phi) is 3.31. The molecule has 112 valence electrons. The molecule has 0 saturated heterocycles. The molecule has 0 aromatic heterocycles. The van der Waals surface area contributed by atoms with Gasteiger partial charge in [-0.1, -0.05) is 36.4 Å². The number of benzene rings is 3. The molecule has 0 N–H and O–H groups in total. The van der Waals surface area contributed by atoms with Gasteiger partial charge in [0.1, 0.15) is 6.61 Å². The standard InChI is InChI=1S/C20H15NO2/c22-20-19-12-11-18(13-15(19)14-23-20)21(16-7-3-1-4-8-16)17-9-5-2-6-10-17/h1-13H,14H2. The van der Waals surface area contributed by atoms with E-state index in [1.54, 1.807) is 0 Å². The van der Waals surface area contributed by atoms with Crippen molar-refractivity contribution in [3.05, 3.63) is 90.0 Å². The van der Waals surface area contributed by atoms with E-state index in [-0.39, 0.29) is 5.97 Å². The van der Waals surface area contributed by atoms with E-state index in [4.69, 9.17) is 4.74 Å². The molecule has 1 aliphatic rings. The number of ether oxygens (including phenoxy) is 1. The molecule has 0 radical (unpaired) electrons. The van der Waals surface area contributed by atoms with Gasteiger partial charge in [0.25, 0.3) is 0 Å². The number of cyclic esters (lactones) is 1. The molecule has 0 unspecified atom stereocenters. The minimum absolute atomic E-state index is 0.238. The molecule has 3 aromatic carbocycles. The van der Waals surface area contributed by atoms with Crippen LogP contribution in [0.25, 0.3) is 0 Å². The lowest BCUT2D eigenvalue weighted by atomic mass is 10.1. The summed E-state index contributed by atoms with van der Waals surface area (Å²) >= 11 is 0. The van der Waals surface area contributed by atoms with Crippen molar-refractivity contribution in [3.8, 4) is 0 Å². The van der Waals surface area contributed by atoms with Crippen LogP contribution in [-0.4, -0.2) is 5.97 Å². The highest BCUT2D eigenvalue weighted by Gasteiger charge is 2.22. The number of hydrogen-bond donors (Lipinski definition) is 0. The van der Waals surface area contributed by atoms with E-state index >= 15 is 0 Å². The Balaban J connectivity index is 1.85. The van der Waals surface area contributed by atoms with Crippen molar-refractivity contribution < 1.29 is 9.53 Å². The fourth-order valence-electron chi connectivity index (χ4n) is 2.86. The van der Waals surface area contributed by atoms with Gasteiger partial charge in [0.15, 0.2) is 0 Å². The molecule has 4 rings (SSSR count). The number of nitrogens with zero attached hydrogens (tertiary/aromatic N) is 1. The minimum atomic E-state index is -0.238. The molecule has 0 aliphatic carbocycles. The summed E-state index contributed by atoms with van der Waals surface area (Å²) in [5, 5.41) is 0. The van der Waals surface area contributed by atoms with Crippen molar-refractivity contribution in [2.75, 3.05) is 4.90 Å². The van der Waals surface area contributed by atoms with Crippen LogP contribution in [0.5, 0.6) is 0 Å².